The number of hydrogen-bond donors (Lipinski definition) is 1. The lowest BCUT2D eigenvalue weighted by molar-refractivity contribution is -0.0406. The van der Waals surface area contributed by atoms with Crippen LogP contribution in [0.3, 0.4) is 0 Å². The molecule has 1 aliphatic carbocycles. The summed E-state index contributed by atoms with van der Waals surface area (Å²) in [6.07, 6.45) is 4.77. The van der Waals surface area contributed by atoms with Crippen LogP contribution in [0, 0.1) is 18.7 Å². The van der Waals surface area contributed by atoms with Crippen LogP contribution in [0.4, 0.5) is 4.39 Å². The third-order valence-electron chi connectivity index (χ3n) is 4.22. The van der Waals surface area contributed by atoms with Crippen LogP contribution in [0.5, 0.6) is 0 Å². The minimum atomic E-state index is -0.642. The number of aryl methyl sites for hydroxylation is 1. The summed E-state index contributed by atoms with van der Waals surface area (Å²) in [5, 5.41) is 10.7. The second kappa shape index (κ2) is 4.77. The molecule has 1 nitrogen and oxygen atoms in total. The monoisotopic (exact) mass is 236 g/mol. The molecule has 2 heteroatoms. The van der Waals surface area contributed by atoms with E-state index in [9.17, 15) is 9.50 Å². The van der Waals surface area contributed by atoms with Crippen LogP contribution in [0.15, 0.2) is 18.2 Å². The summed E-state index contributed by atoms with van der Waals surface area (Å²) in [5.41, 5.74) is 1.37. The number of rotatable bonds is 2. The van der Waals surface area contributed by atoms with Crippen molar-refractivity contribution in [2.45, 2.75) is 51.6 Å². The minimum Gasteiger partial charge on any atom is -0.389 e. The standard InChI is InChI=1S/C15H21FO/c1-11-6-7-14(16)9-13(11)10-15(17)8-4-3-5-12(15)2/h6-7,9,12,17H,3-5,8,10H2,1-2H3. The van der Waals surface area contributed by atoms with Crippen LogP contribution < -0.4 is 0 Å². The van der Waals surface area contributed by atoms with E-state index >= 15 is 0 Å². The average Bonchev–Trinajstić information content (AvgIpc) is 2.28. The maximum atomic E-state index is 13.2. The molecule has 1 fully saturated rings. The Labute approximate surface area is 103 Å². The predicted molar refractivity (Wildman–Crippen MR) is 67.4 cm³/mol. The molecule has 0 bridgehead atoms. The van der Waals surface area contributed by atoms with E-state index in [1.807, 2.05) is 6.92 Å². The molecule has 1 aliphatic rings. The number of benzene rings is 1. The molecule has 0 amide bonds. The van der Waals surface area contributed by atoms with Gasteiger partial charge in [0.25, 0.3) is 0 Å². The van der Waals surface area contributed by atoms with Crippen molar-refractivity contribution in [2.75, 3.05) is 0 Å². The molecule has 1 aromatic rings. The lowest BCUT2D eigenvalue weighted by atomic mass is 9.73. The van der Waals surface area contributed by atoms with Gasteiger partial charge in [-0.1, -0.05) is 25.8 Å². The Morgan fingerprint density at radius 1 is 1.41 bits per heavy atom. The summed E-state index contributed by atoms with van der Waals surface area (Å²) in [6, 6.07) is 4.84. The van der Waals surface area contributed by atoms with Gasteiger partial charge < -0.3 is 5.11 Å². The molecule has 1 N–H and O–H groups in total. The second-order valence-electron chi connectivity index (χ2n) is 5.50. The fourth-order valence-electron chi connectivity index (χ4n) is 2.82. The van der Waals surface area contributed by atoms with Gasteiger partial charge in [0.15, 0.2) is 0 Å². The van der Waals surface area contributed by atoms with Gasteiger partial charge in [0, 0.05) is 6.42 Å². The van der Waals surface area contributed by atoms with E-state index in [1.165, 1.54) is 12.5 Å². The van der Waals surface area contributed by atoms with Crippen molar-refractivity contribution in [2.24, 2.45) is 5.92 Å². The highest BCUT2D eigenvalue weighted by Gasteiger charge is 2.36. The first kappa shape index (κ1) is 12.6. The van der Waals surface area contributed by atoms with Crippen LogP contribution >= 0.6 is 0 Å². The van der Waals surface area contributed by atoms with Gasteiger partial charge in [-0.3, -0.25) is 0 Å². The molecule has 94 valence electrons. The normalized spacial score (nSPS) is 29.3. The van der Waals surface area contributed by atoms with E-state index in [0.29, 0.717) is 12.3 Å². The molecule has 2 unspecified atom stereocenters. The SMILES string of the molecule is Cc1ccc(F)cc1CC1(O)CCCCC1C. The summed E-state index contributed by atoms with van der Waals surface area (Å²) < 4.78 is 13.2. The van der Waals surface area contributed by atoms with Gasteiger partial charge in [0.05, 0.1) is 5.60 Å². The van der Waals surface area contributed by atoms with Crippen LogP contribution in [0.1, 0.15) is 43.7 Å². The van der Waals surface area contributed by atoms with Crippen molar-refractivity contribution >= 4 is 0 Å². The lowest BCUT2D eigenvalue weighted by Crippen LogP contribution is -2.41. The first-order valence-electron chi connectivity index (χ1n) is 6.49. The third kappa shape index (κ3) is 2.68. The Kier molecular flexibility index (Phi) is 3.53. The van der Waals surface area contributed by atoms with Crippen molar-refractivity contribution in [3.63, 3.8) is 0 Å². The Bertz CT molecular complexity index is 402. The largest absolute Gasteiger partial charge is 0.389 e. The van der Waals surface area contributed by atoms with Gasteiger partial charge in [-0.05, 0) is 48.9 Å². The van der Waals surface area contributed by atoms with Crippen molar-refractivity contribution in [1.29, 1.82) is 0 Å². The highest BCUT2D eigenvalue weighted by atomic mass is 19.1. The van der Waals surface area contributed by atoms with E-state index < -0.39 is 5.60 Å². The molecule has 0 heterocycles. The molecule has 0 spiro atoms. The van der Waals surface area contributed by atoms with Crippen molar-refractivity contribution in [1.82, 2.24) is 0 Å². The van der Waals surface area contributed by atoms with Gasteiger partial charge in [0.1, 0.15) is 5.82 Å². The quantitative estimate of drug-likeness (QED) is 0.831. The van der Waals surface area contributed by atoms with Gasteiger partial charge >= 0.3 is 0 Å². The zero-order chi connectivity index (χ0) is 12.5. The van der Waals surface area contributed by atoms with E-state index in [2.05, 4.69) is 6.92 Å². The number of hydrogen-bond acceptors (Lipinski definition) is 1. The summed E-state index contributed by atoms with van der Waals surface area (Å²) in [5.74, 6) is 0.0941. The molecule has 0 radical (unpaired) electrons. The zero-order valence-electron chi connectivity index (χ0n) is 10.7. The molecular weight excluding hydrogens is 215 g/mol. The molecule has 0 aromatic heterocycles. The first-order valence-corrected chi connectivity index (χ1v) is 6.49. The highest BCUT2D eigenvalue weighted by molar-refractivity contribution is 5.28. The van der Waals surface area contributed by atoms with Gasteiger partial charge in [0.2, 0.25) is 0 Å². The average molecular weight is 236 g/mol. The molecule has 0 saturated heterocycles. The van der Waals surface area contributed by atoms with Gasteiger partial charge in [-0.25, -0.2) is 4.39 Å². The van der Waals surface area contributed by atoms with Gasteiger partial charge in [-0.15, -0.1) is 0 Å². The molecule has 2 atom stereocenters. The second-order valence-corrected chi connectivity index (χ2v) is 5.50. The first-order chi connectivity index (χ1) is 8.01. The Morgan fingerprint density at radius 2 is 2.18 bits per heavy atom. The summed E-state index contributed by atoms with van der Waals surface area (Å²) in [6.45, 7) is 4.08. The van der Waals surface area contributed by atoms with Crippen LogP contribution in [0.25, 0.3) is 0 Å². The number of halogens is 1. The summed E-state index contributed by atoms with van der Waals surface area (Å²) in [4.78, 5) is 0. The smallest absolute Gasteiger partial charge is 0.123 e. The third-order valence-corrected chi connectivity index (χ3v) is 4.22. The fourth-order valence-corrected chi connectivity index (χ4v) is 2.82. The fraction of sp³-hybridized carbons (Fsp3) is 0.600. The molecule has 1 saturated carbocycles. The predicted octanol–water partition coefficient (Wildman–Crippen LogP) is 3.62. The Morgan fingerprint density at radius 3 is 2.88 bits per heavy atom. The summed E-state index contributed by atoms with van der Waals surface area (Å²) in [7, 11) is 0. The zero-order valence-corrected chi connectivity index (χ0v) is 10.7. The highest BCUT2D eigenvalue weighted by Crippen LogP contribution is 2.36. The molecule has 1 aromatic carbocycles. The topological polar surface area (TPSA) is 20.2 Å². The van der Waals surface area contributed by atoms with E-state index in [1.54, 1.807) is 12.1 Å². The number of aliphatic hydroxyl groups is 1. The van der Waals surface area contributed by atoms with Crippen molar-refractivity contribution in [3.8, 4) is 0 Å². The maximum Gasteiger partial charge on any atom is 0.123 e. The minimum absolute atomic E-state index is 0.210. The van der Waals surface area contributed by atoms with Crippen LogP contribution in [-0.4, -0.2) is 10.7 Å². The van der Waals surface area contributed by atoms with E-state index in [4.69, 9.17) is 0 Å². The van der Waals surface area contributed by atoms with Crippen LogP contribution in [0.2, 0.25) is 0 Å². The lowest BCUT2D eigenvalue weighted by Gasteiger charge is -2.38. The molecular formula is C15H21FO. The van der Waals surface area contributed by atoms with E-state index in [-0.39, 0.29) is 5.82 Å². The molecule has 2 rings (SSSR count). The molecule has 0 aliphatic heterocycles. The summed E-state index contributed by atoms with van der Waals surface area (Å²) >= 11 is 0. The Hall–Kier alpha value is -0.890. The maximum absolute atomic E-state index is 13.2. The van der Waals surface area contributed by atoms with E-state index in [0.717, 1.165) is 30.4 Å². The molecule has 17 heavy (non-hydrogen) atoms. The Balaban J connectivity index is 2.21. The van der Waals surface area contributed by atoms with Gasteiger partial charge in [-0.2, -0.15) is 0 Å². The van der Waals surface area contributed by atoms with Crippen molar-refractivity contribution in [3.05, 3.63) is 35.1 Å². The van der Waals surface area contributed by atoms with Crippen molar-refractivity contribution < 1.29 is 9.50 Å². The van der Waals surface area contributed by atoms with Crippen LogP contribution in [-0.2, 0) is 6.42 Å².